The van der Waals surface area contributed by atoms with Crippen LogP contribution in [0.2, 0.25) is 5.02 Å². The summed E-state index contributed by atoms with van der Waals surface area (Å²) in [7, 11) is 0. The summed E-state index contributed by atoms with van der Waals surface area (Å²) in [5.41, 5.74) is 7.58. The van der Waals surface area contributed by atoms with Crippen LogP contribution in [0.1, 0.15) is 27.8 Å². The molecule has 126 valence electrons. The molecule has 0 saturated heterocycles. The molecular weight excluding hydrogens is 342 g/mol. The van der Waals surface area contributed by atoms with Crippen molar-refractivity contribution in [3.63, 3.8) is 0 Å². The van der Waals surface area contributed by atoms with Crippen molar-refractivity contribution in [2.75, 3.05) is 11.1 Å². The van der Waals surface area contributed by atoms with Gasteiger partial charge in [-0.05, 0) is 43.3 Å². The third kappa shape index (κ3) is 3.51. The number of Topliss-reactive ketones (excluding diaryl/α,β-unsaturated/α-hetero) is 1. The largest absolute Gasteiger partial charge is 0.382 e. The van der Waals surface area contributed by atoms with Crippen molar-refractivity contribution in [3.8, 4) is 5.69 Å². The van der Waals surface area contributed by atoms with Gasteiger partial charge in [0, 0.05) is 16.3 Å². The molecule has 0 unspecified atom stereocenters. The summed E-state index contributed by atoms with van der Waals surface area (Å²) < 4.78 is 1.34. The summed E-state index contributed by atoms with van der Waals surface area (Å²) in [4.78, 5) is 23.8. The zero-order valence-corrected chi connectivity index (χ0v) is 14.0. The number of aromatic nitrogens is 3. The third-order valence-corrected chi connectivity index (χ3v) is 3.77. The first-order valence-corrected chi connectivity index (χ1v) is 7.73. The molecule has 0 aliphatic rings. The van der Waals surface area contributed by atoms with Crippen LogP contribution in [0.4, 0.5) is 11.5 Å². The first kappa shape index (κ1) is 16.7. The number of benzene rings is 2. The van der Waals surface area contributed by atoms with E-state index in [0.29, 0.717) is 22.0 Å². The van der Waals surface area contributed by atoms with Gasteiger partial charge in [0.25, 0.3) is 5.91 Å². The van der Waals surface area contributed by atoms with E-state index >= 15 is 0 Å². The van der Waals surface area contributed by atoms with Crippen molar-refractivity contribution in [2.45, 2.75) is 6.92 Å². The van der Waals surface area contributed by atoms with Crippen molar-refractivity contribution >= 4 is 34.8 Å². The molecule has 8 heteroatoms. The van der Waals surface area contributed by atoms with Gasteiger partial charge in [0.15, 0.2) is 17.3 Å². The highest BCUT2D eigenvalue weighted by molar-refractivity contribution is 6.30. The second-order valence-corrected chi connectivity index (χ2v) is 5.74. The van der Waals surface area contributed by atoms with E-state index in [4.69, 9.17) is 17.3 Å². The average molecular weight is 356 g/mol. The molecule has 1 heterocycles. The number of nitrogens with one attached hydrogen (secondary N) is 1. The van der Waals surface area contributed by atoms with Crippen LogP contribution in [0.5, 0.6) is 0 Å². The number of ketones is 1. The molecule has 25 heavy (non-hydrogen) atoms. The van der Waals surface area contributed by atoms with Crippen molar-refractivity contribution in [1.82, 2.24) is 15.0 Å². The van der Waals surface area contributed by atoms with Gasteiger partial charge in [-0.2, -0.15) is 4.68 Å². The summed E-state index contributed by atoms with van der Waals surface area (Å²) in [6.45, 7) is 1.45. The number of hydrogen-bond acceptors (Lipinski definition) is 5. The minimum atomic E-state index is -0.515. The summed E-state index contributed by atoms with van der Waals surface area (Å²) >= 11 is 5.86. The lowest BCUT2D eigenvalue weighted by atomic mass is 10.1. The van der Waals surface area contributed by atoms with E-state index in [2.05, 4.69) is 15.6 Å². The number of rotatable bonds is 4. The summed E-state index contributed by atoms with van der Waals surface area (Å²) in [6, 6.07) is 13.4. The zero-order chi connectivity index (χ0) is 18.0. The van der Waals surface area contributed by atoms with Crippen LogP contribution >= 0.6 is 11.6 Å². The van der Waals surface area contributed by atoms with Crippen LogP contribution in [-0.2, 0) is 0 Å². The summed E-state index contributed by atoms with van der Waals surface area (Å²) in [5, 5.41) is 11.0. The number of nitrogens with two attached hydrogens (primary N) is 1. The molecule has 0 radical (unpaired) electrons. The van der Waals surface area contributed by atoms with Crippen LogP contribution < -0.4 is 11.1 Å². The maximum absolute atomic E-state index is 12.4. The van der Waals surface area contributed by atoms with Crippen LogP contribution in [-0.4, -0.2) is 26.7 Å². The Morgan fingerprint density at radius 1 is 1.16 bits per heavy atom. The van der Waals surface area contributed by atoms with E-state index in [1.165, 1.54) is 11.6 Å². The molecule has 0 aliphatic carbocycles. The Bertz CT molecular complexity index is 950. The van der Waals surface area contributed by atoms with Gasteiger partial charge in [0.2, 0.25) is 0 Å². The Balaban J connectivity index is 1.85. The molecule has 0 saturated carbocycles. The van der Waals surface area contributed by atoms with Crippen molar-refractivity contribution in [1.29, 1.82) is 0 Å². The van der Waals surface area contributed by atoms with Gasteiger partial charge in [0.1, 0.15) is 0 Å². The van der Waals surface area contributed by atoms with Crippen LogP contribution in [0, 0.1) is 0 Å². The van der Waals surface area contributed by atoms with E-state index < -0.39 is 5.91 Å². The Morgan fingerprint density at radius 2 is 1.88 bits per heavy atom. The van der Waals surface area contributed by atoms with Crippen molar-refractivity contribution < 1.29 is 9.59 Å². The predicted molar refractivity (Wildman–Crippen MR) is 95.2 cm³/mol. The molecule has 0 atom stereocenters. The number of nitrogens with zero attached hydrogens (tertiary/aromatic N) is 3. The van der Waals surface area contributed by atoms with Gasteiger partial charge >= 0.3 is 0 Å². The molecule has 3 rings (SSSR count). The second-order valence-electron chi connectivity index (χ2n) is 5.30. The molecule has 0 aliphatic heterocycles. The summed E-state index contributed by atoms with van der Waals surface area (Å²) in [6.07, 6.45) is 0. The molecule has 7 nitrogen and oxygen atoms in total. The number of hydrogen-bond donors (Lipinski definition) is 2. The fraction of sp³-hybridized carbons (Fsp3) is 0.0588. The lowest BCUT2D eigenvalue weighted by molar-refractivity contribution is 0.100. The summed E-state index contributed by atoms with van der Waals surface area (Å²) in [5.74, 6) is -0.509. The van der Waals surface area contributed by atoms with Gasteiger partial charge < -0.3 is 11.1 Å². The standard InChI is InChI=1S/C17H14ClN5O2/c1-10(24)11-3-2-4-13(9-11)20-17(25)15-16(19)23(22-21-15)14-7-5-12(18)6-8-14/h2-9H,19H2,1H3,(H,20,25). The van der Waals surface area contributed by atoms with Gasteiger partial charge in [0.05, 0.1) is 5.69 Å². The molecule has 0 bridgehead atoms. The molecule has 3 N–H and O–H groups in total. The van der Waals surface area contributed by atoms with Crippen molar-refractivity contribution in [2.24, 2.45) is 0 Å². The minimum absolute atomic E-state index is 0.0109. The number of amides is 1. The molecule has 2 aromatic carbocycles. The normalized spacial score (nSPS) is 10.5. The maximum atomic E-state index is 12.4. The Kier molecular flexibility index (Phi) is 4.49. The Hall–Kier alpha value is -3.19. The van der Waals surface area contributed by atoms with Gasteiger partial charge in [-0.15, -0.1) is 5.10 Å². The lowest BCUT2D eigenvalue weighted by Gasteiger charge is -2.06. The van der Waals surface area contributed by atoms with E-state index in [0.717, 1.165) is 0 Å². The molecular formula is C17H14ClN5O2. The van der Waals surface area contributed by atoms with E-state index in [-0.39, 0.29) is 17.3 Å². The first-order valence-electron chi connectivity index (χ1n) is 7.35. The second kappa shape index (κ2) is 6.74. The van der Waals surface area contributed by atoms with Crippen LogP contribution in [0.3, 0.4) is 0 Å². The first-order chi connectivity index (χ1) is 12.0. The quantitative estimate of drug-likeness (QED) is 0.700. The Labute approximate surface area is 148 Å². The highest BCUT2D eigenvalue weighted by Crippen LogP contribution is 2.19. The number of anilines is 2. The minimum Gasteiger partial charge on any atom is -0.382 e. The van der Waals surface area contributed by atoms with Gasteiger partial charge in [-0.3, -0.25) is 9.59 Å². The number of carbonyl (C=O) groups is 2. The smallest absolute Gasteiger partial charge is 0.280 e. The van der Waals surface area contributed by atoms with E-state index in [1.807, 2.05) is 0 Å². The monoisotopic (exact) mass is 355 g/mol. The van der Waals surface area contributed by atoms with Gasteiger partial charge in [-0.25, -0.2) is 0 Å². The van der Waals surface area contributed by atoms with Gasteiger partial charge in [-0.1, -0.05) is 28.9 Å². The highest BCUT2D eigenvalue weighted by atomic mass is 35.5. The molecule has 0 spiro atoms. The molecule has 1 aromatic heterocycles. The van der Waals surface area contributed by atoms with E-state index in [9.17, 15) is 9.59 Å². The number of halogens is 1. The maximum Gasteiger partial charge on any atom is 0.280 e. The van der Waals surface area contributed by atoms with Crippen molar-refractivity contribution in [3.05, 3.63) is 64.8 Å². The van der Waals surface area contributed by atoms with Crippen LogP contribution in [0.25, 0.3) is 5.69 Å². The third-order valence-electron chi connectivity index (χ3n) is 3.52. The average Bonchev–Trinajstić information content (AvgIpc) is 2.97. The SMILES string of the molecule is CC(=O)c1cccc(NC(=O)c2nnn(-c3ccc(Cl)cc3)c2N)c1. The highest BCUT2D eigenvalue weighted by Gasteiger charge is 2.18. The number of carbonyl (C=O) groups excluding carboxylic acids is 2. The fourth-order valence-corrected chi connectivity index (χ4v) is 2.36. The zero-order valence-electron chi connectivity index (χ0n) is 13.2. The van der Waals surface area contributed by atoms with E-state index in [1.54, 1.807) is 48.5 Å². The van der Waals surface area contributed by atoms with Crippen LogP contribution in [0.15, 0.2) is 48.5 Å². The fourth-order valence-electron chi connectivity index (χ4n) is 2.23. The predicted octanol–water partition coefficient (Wildman–Crippen LogP) is 2.96. The molecule has 3 aromatic rings. The number of nitrogen functional groups attached to an aromatic ring is 1. The molecule has 0 fully saturated rings. The molecule has 1 amide bonds. The lowest BCUT2D eigenvalue weighted by Crippen LogP contribution is -2.15. The Morgan fingerprint density at radius 3 is 2.56 bits per heavy atom. The topological polar surface area (TPSA) is 103 Å².